The van der Waals surface area contributed by atoms with Gasteiger partial charge in [0.1, 0.15) is 11.4 Å². The van der Waals surface area contributed by atoms with Crippen molar-refractivity contribution in [2.24, 2.45) is 0 Å². The van der Waals surface area contributed by atoms with Crippen molar-refractivity contribution in [3.05, 3.63) is 53.3 Å². The van der Waals surface area contributed by atoms with Gasteiger partial charge in [-0.2, -0.15) is 0 Å². The van der Waals surface area contributed by atoms with E-state index in [1.807, 2.05) is 6.07 Å². The number of aromatic nitrogens is 4. The highest BCUT2D eigenvalue weighted by molar-refractivity contribution is 6.03. The Kier molecular flexibility index (Phi) is 4.94. The Balaban J connectivity index is 1.76. The van der Waals surface area contributed by atoms with Gasteiger partial charge in [0.2, 0.25) is 11.7 Å². The molecule has 1 aliphatic heterocycles. The van der Waals surface area contributed by atoms with E-state index in [4.69, 9.17) is 14.2 Å². The number of benzene rings is 1. The van der Waals surface area contributed by atoms with E-state index in [2.05, 4.69) is 15.3 Å². The monoisotopic (exact) mass is 394 g/mol. The Morgan fingerprint density at radius 1 is 1.28 bits per heavy atom. The Labute approximate surface area is 166 Å². The van der Waals surface area contributed by atoms with Crippen LogP contribution in [0.15, 0.2) is 36.5 Å². The van der Waals surface area contributed by atoms with Gasteiger partial charge in [-0.15, -0.1) is 5.10 Å². The lowest BCUT2D eigenvalue weighted by Crippen LogP contribution is -2.09. The zero-order chi connectivity index (χ0) is 20.4. The van der Waals surface area contributed by atoms with Gasteiger partial charge >= 0.3 is 5.97 Å². The number of hydrogen-bond donors (Lipinski definition) is 0. The number of ketones is 1. The Bertz CT molecular complexity index is 1070. The van der Waals surface area contributed by atoms with Crippen molar-refractivity contribution in [2.45, 2.75) is 13.5 Å². The first-order valence-electron chi connectivity index (χ1n) is 9.00. The summed E-state index contributed by atoms with van der Waals surface area (Å²) in [5.74, 6) is 0.327. The highest BCUT2D eigenvalue weighted by Gasteiger charge is 2.26. The molecule has 3 aromatic rings. The van der Waals surface area contributed by atoms with Gasteiger partial charge in [-0.25, -0.2) is 14.5 Å². The van der Waals surface area contributed by atoms with Gasteiger partial charge < -0.3 is 14.2 Å². The van der Waals surface area contributed by atoms with Crippen molar-refractivity contribution in [2.75, 3.05) is 20.3 Å². The summed E-state index contributed by atoms with van der Waals surface area (Å²) in [6, 6.07) is 8.74. The third kappa shape index (κ3) is 3.54. The number of rotatable bonds is 6. The van der Waals surface area contributed by atoms with Gasteiger partial charge in [0.25, 0.3) is 0 Å². The van der Waals surface area contributed by atoms with Crippen molar-refractivity contribution in [3.63, 3.8) is 0 Å². The van der Waals surface area contributed by atoms with Crippen molar-refractivity contribution in [1.29, 1.82) is 0 Å². The Morgan fingerprint density at radius 2 is 2.14 bits per heavy atom. The molecule has 0 amide bonds. The number of fused-ring (bicyclic) bond motifs is 1. The molecule has 0 atom stereocenters. The zero-order valence-electron chi connectivity index (χ0n) is 15.9. The number of Topliss-reactive ketones (excluding diaryl/α,β-unsaturated/α-hetero) is 1. The molecule has 0 N–H and O–H groups in total. The molecule has 0 saturated heterocycles. The minimum Gasteiger partial charge on any atom is -0.485 e. The lowest BCUT2D eigenvalue weighted by Gasteiger charge is -2.10. The van der Waals surface area contributed by atoms with Crippen LogP contribution in [-0.4, -0.2) is 52.1 Å². The van der Waals surface area contributed by atoms with Crippen molar-refractivity contribution < 1.29 is 23.8 Å². The van der Waals surface area contributed by atoms with E-state index in [1.54, 1.807) is 49.2 Å². The molecule has 0 aliphatic carbocycles. The molecule has 3 heterocycles. The number of pyridine rings is 1. The van der Waals surface area contributed by atoms with E-state index in [0.29, 0.717) is 35.0 Å². The van der Waals surface area contributed by atoms with Gasteiger partial charge in [0, 0.05) is 17.8 Å². The summed E-state index contributed by atoms with van der Waals surface area (Å²) in [6.45, 7) is 2.28. The maximum Gasteiger partial charge on any atom is 0.361 e. The second-order valence-electron chi connectivity index (χ2n) is 6.30. The largest absolute Gasteiger partial charge is 0.485 e. The van der Waals surface area contributed by atoms with Crippen LogP contribution in [0, 0.1) is 0 Å². The number of carbonyl (C=O) groups is 2. The van der Waals surface area contributed by atoms with Crippen LogP contribution < -0.4 is 9.47 Å². The molecule has 1 aliphatic rings. The van der Waals surface area contributed by atoms with Crippen molar-refractivity contribution >= 4 is 11.8 Å². The summed E-state index contributed by atoms with van der Waals surface area (Å²) in [5, 5.41) is 8.18. The molecule has 0 spiro atoms. The number of esters is 1. The maximum atomic E-state index is 12.4. The standard InChI is InChI=1S/C20H18N4O5/c1-3-28-20(26)18-19(13-5-6-14-15(25)11-29-16(14)8-13)24(23-22-18)10-12-4-7-17(27-2)21-9-12/h4-9H,3,10-11H2,1-2H3. The fourth-order valence-corrected chi connectivity index (χ4v) is 3.09. The fourth-order valence-electron chi connectivity index (χ4n) is 3.09. The van der Waals surface area contributed by atoms with Gasteiger partial charge in [-0.3, -0.25) is 4.79 Å². The Hall–Kier alpha value is -3.75. The number of carbonyl (C=O) groups excluding carboxylic acids is 2. The molecular weight excluding hydrogens is 376 g/mol. The van der Waals surface area contributed by atoms with Crippen LogP contribution in [0.5, 0.6) is 11.6 Å². The highest BCUT2D eigenvalue weighted by atomic mass is 16.5. The van der Waals surface area contributed by atoms with E-state index in [9.17, 15) is 9.59 Å². The smallest absolute Gasteiger partial charge is 0.361 e. The molecule has 148 valence electrons. The summed E-state index contributed by atoms with van der Waals surface area (Å²) in [4.78, 5) is 28.4. The van der Waals surface area contributed by atoms with E-state index in [1.165, 1.54) is 0 Å². The molecule has 4 rings (SSSR count). The molecule has 0 radical (unpaired) electrons. The molecule has 0 saturated carbocycles. The summed E-state index contributed by atoms with van der Waals surface area (Å²) < 4.78 is 17.2. The number of methoxy groups -OCH3 is 1. The predicted octanol–water partition coefficient (Wildman–Crippen LogP) is 2.15. The Morgan fingerprint density at radius 3 is 2.86 bits per heavy atom. The first-order valence-corrected chi connectivity index (χ1v) is 9.00. The molecule has 1 aromatic carbocycles. The van der Waals surface area contributed by atoms with Gasteiger partial charge in [0.15, 0.2) is 12.3 Å². The van der Waals surface area contributed by atoms with Crippen molar-refractivity contribution in [1.82, 2.24) is 20.0 Å². The van der Waals surface area contributed by atoms with Crippen LogP contribution in [0.3, 0.4) is 0 Å². The van der Waals surface area contributed by atoms with E-state index in [-0.39, 0.29) is 24.7 Å². The van der Waals surface area contributed by atoms with Crippen LogP contribution in [0.1, 0.15) is 33.3 Å². The third-order valence-corrected chi connectivity index (χ3v) is 4.46. The number of nitrogens with zero attached hydrogens (tertiary/aromatic N) is 4. The molecule has 2 aromatic heterocycles. The zero-order valence-corrected chi connectivity index (χ0v) is 15.9. The quantitative estimate of drug-likeness (QED) is 0.586. The topological polar surface area (TPSA) is 105 Å². The molecule has 0 fully saturated rings. The second kappa shape index (κ2) is 7.70. The van der Waals surface area contributed by atoms with Crippen LogP contribution in [0.2, 0.25) is 0 Å². The SMILES string of the molecule is CCOC(=O)c1nnn(Cc2ccc(OC)nc2)c1-c1ccc2c(c1)OCC2=O. The van der Waals surface area contributed by atoms with Gasteiger partial charge in [-0.1, -0.05) is 17.3 Å². The second-order valence-corrected chi connectivity index (χ2v) is 6.30. The fraction of sp³-hybridized carbons (Fsp3) is 0.250. The minimum absolute atomic E-state index is 0.0125. The van der Waals surface area contributed by atoms with Crippen LogP contribution in [-0.2, 0) is 11.3 Å². The summed E-state index contributed by atoms with van der Waals surface area (Å²) >= 11 is 0. The lowest BCUT2D eigenvalue weighted by atomic mass is 10.0. The molecule has 9 heteroatoms. The predicted molar refractivity (Wildman–Crippen MR) is 101 cm³/mol. The highest BCUT2D eigenvalue weighted by Crippen LogP contribution is 2.32. The number of hydrogen-bond acceptors (Lipinski definition) is 8. The average Bonchev–Trinajstić information content (AvgIpc) is 3.32. The molecule has 0 unspecified atom stereocenters. The first-order chi connectivity index (χ1) is 14.1. The van der Waals surface area contributed by atoms with Crippen molar-refractivity contribution in [3.8, 4) is 22.9 Å². The van der Waals surface area contributed by atoms with Crippen LogP contribution in [0.4, 0.5) is 0 Å². The average molecular weight is 394 g/mol. The summed E-state index contributed by atoms with van der Waals surface area (Å²) in [7, 11) is 1.55. The molecule has 29 heavy (non-hydrogen) atoms. The van der Waals surface area contributed by atoms with E-state index < -0.39 is 5.97 Å². The van der Waals surface area contributed by atoms with Gasteiger partial charge in [0.05, 0.1) is 25.8 Å². The number of ether oxygens (including phenoxy) is 3. The summed E-state index contributed by atoms with van der Waals surface area (Å²) in [6.07, 6.45) is 1.67. The lowest BCUT2D eigenvalue weighted by molar-refractivity contribution is 0.0520. The summed E-state index contributed by atoms with van der Waals surface area (Å²) in [5.41, 5.74) is 2.58. The van der Waals surface area contributed by atoms with Crippen LogP contribution >= 0.6 is 0 Å². The normalized spacial score (nSPS) is 12.4. The molecule has 9 nitrogen and oxygen atoms in total. The molecular formula is C20H18N4O5. The van der Waals surface area contributed by atoms with E-state index >= 15 is 0 Å². The van der Waals surface area contributed by atoms with Crippen LogP contribution in [0.25, 0.3) is 11.3 Å². The van der Waals surface area contributed by atoms with Gasteiger partial charge in [-0.05, 0) is 24.6 Å². The third-order valence-electron chi connectivity index (χ3n) is 4.46. The molecule has 0 bridgehead atoms. The first kappa shape index (κ1) is 18.6. The van der Waals surface area contributed by atoms with E-state index in [0.717, 1.165) is 5.56 Å². The minimum atomic E-state index is -0.570. The maximum absolute atomic E-state index is 12.4.